The average Bonchev–Trinajstić information content (AvgIpc) is 2.65. The molecule has 1 aliphatic rings. The highest BCUT2D eigenvalue weighted by Gasteiger charge is 2.30. The predicted molar refractivity (Wildman–Crippen MR) is 90.8 cm³/mol. The molecule has 0 aromatic heterocycles. The third-order valence-electron chi connectivity index (χ3n) is 3.91. The van der Waals surface area contributed by atoms with Crippen LogP contribution in [0.5, 0.6) is 11.5 Å². The molecule has 6 nitrogen and oxygen atoms in total. The Morgan fingerprint density at radius 3 is 2.68 bits per heavy atom. The van der Waals surface area contributed by atoms with Gasteiger partial charge in [-0.2, -0.15) is 0 Å². The highest BCUT2D eigenvalue weighted by Crippen LogP contribution is 2.25. The second kappa shape index (κ2) is 7.70. The van der Waals surface area contributed by atoms with Gasteiger partial charge in [-0.25, -0.2) is 4.79 Å². The van der Waals surface area contributed by atoms with Gasteiger partial charge < -0.3 is 19.5 Å². The number of ether oxygens (including phenoxy) is 3. The van der Waals surface area contributed by atoms with Crippen LogP contribution in [-0.4, -0.2) is 38.2 Å². The van der Waals surface area contributed by atoms with E-state index in [9.17, 15) is 9.59 Å². The van der Waals surface area contributed by atoms with E-state index in [0.717, 1.165) is 5.56 Å². The summed E-state index contributed by atoms with van der Waals surface area (Å²) in [6.07, 6.45) is -0.435. The van der Waals surface area contributed by atoms with Gasteiger partial charge in [0.2, 0.25) is 0 Å². The zero-order chi connectivity index (χ0) is 17.6. The van der Waals surface area contributed by atoms with Crippen molar-refractivity contribution in [3.8, 4) is 11.5 Å². The molecular weight excluding hydrogens is 322 g/mol. The first-order chi connectivity index (χ1) is 12.2. The number of esters is 1. The lowest BCUT2D eigenvalue weighted by Gasteiger charge is -2.23. The number of rotatable bonds is 6. The van der Waals surface area contributed by atoms with Crippen LogP contribution in [0.25, 0.3) is 0 Å². The van der Waals surface area contributed by atoms with Gasteiger partial charge in [0.25, 0.3) is 5.91 Å². The molecule has 1 atom stereocenters. The van der Waals surface area contributed by atoms with Gasteiger partial charge in [-0.05, 0) is 23.8 Å². The van der Waals surface area contributed by atoms with Crippen molar-refractivity contribution in [1.29, 1.82) is 0 Å². The van der Waals surface area contributed by atoms with Gasteiger partial charge in [0.15, 0.2) is 17.6 Å². The fourth-order valence-corrected chi connectivity index (χ4v) is 2.66. The first-order valence-corrected chi connectivity index (χ1v) is 8.01. The maximum absolute atomic E-state index is 12.2. The van der Waals surface area contributed by atoms with Crippen LogP contribution in [0.3, 0.4) is 0 Å². The highest BCUT2D eigenvalue weighted by molar-refractivity contribution is 5.95. The SMILES string of the molecule is COc1ccccc1OCCNC(=O)[C@@H]1Cc2ccccc2C(=O)O1. The van der Waals surface area contributed by atoms with Crippen molar-refractivity contribution < 1.29 is 23.8 Å². The first kappa shape index (κ1) is 16.8. The summed E-state index contributed by atoms with van der Waals surface area (Å²) in [4.78, 5) is 24.2. The standard InChI is InChI=1S/C19H19NO5/c1-23-15-8-4-5-9-16(15)24-11-10-20-18(21)17-12-13-6-2-3-7-14(13)19(22)25-17/h2-9,17H,10-12H2,1H3,(H,20,21)/t17-/m0/s1. The minimum Gasteiger partial charge on any atom is -0.493 e. The lowest BCUT2D eigenvalue weighted by molar-refractivity contribution is -0.130. The smallest absolute Gasteiger partial charge is 0.339 e. The van der Waals surface area contributed by atoms with Gasteiger partial charge in [0.1, 0.15) is 6.61 Å². The Kier molecular flexibility index (Phi) is 5.18. The van der Waals surface area contributed by atoms with E-state index < -0.39 is 12.1 Å². The number of hydrogen-bond acceptors (Lipinski definition) is 5. The fourth-order valence-electron chi connectivity index (χ4n) is 2.66. The van der Waals surface area contributed by atoms with Gasteiger partial charge in [0.05, 0.1) is 19.2 Å². The van der Waals surface area contributed by atoms with Crippen LogP contribution in [-0.2, 0) is 16.0 Å². The Morgan fingerprint density at radius 2 is 1.88 bits per heavy atom. The molecule has 1 aliphatic heterocycles. The highest BCUT2D eigenvalue weighted by atomic mass is 16.5. The van der Waals surface area contributed by atoms with Crippen LogP contribution in [0.2, 0.25) is 0 Å². The van der Waals surface area contributed by atoms with Crippen molar-refractivity contribution in [1.82, 2.24) is 5.32 Å². The molecule has 1 amide bonds. The van der Waals surface area contributed by atoms with E-state index in [1.807, 2.05) is 24.3 Å². The van der Waals surface area contributed by atoms with E-state index in [0.29, 0.717) is 30.0 Å². The molecule has 2 aromatic rings. The molecule has 1 N–H and O–H groups in total. The van der Waals surface area contributed by atoms with Gasteiger partial charge >= 0.3 is 5.97 Å². The lowest BCUT2D eigenvalue weighted by Crippen LogP contribution is -2.43. The molecule has 25 heavy (non-hydrogen) atoms. The summed E-state index contributed by atoms with van der Waals surface area (Å²) in [5.41, 5.74) is 1.34. The minimum absolute atomic E-state index is 0.281. The Morgan fingerprint density at radius 1 is 1.16 bits per heavy atom. The summed E-state index contributed by atoms with van der Waals surface area (Å²) in [5, 5.41) is 2.73. The molecule has 0 unspecified atom stereocenters. The number of carbonyl (C=O) groups is 2. The second-order valence-electron chi connectivity index (χ2n) is 5.55. The first-order valence-electron chi connectivity index (χ1n) is 8.01. The molecule has 0 saturated carbocycles. The van der Waals surface area contributed by atoms with Gasteiger partial charge in [0, 0.05) is 6.42 Å². The number of carbonyl (C=O) groups excluding carboxylic acids is 2. The molecule has 2 aromatic carbocycles. The predicted octanol–water partition coefficient (Wildman–Crippen LogP) is 1.97. The summed E-state index contributed by atoms with van der Waals surface area (Å²) in [6.45, 7) is 0.579. The minimum atomic E-state index is -0.811. The maximum Gasteiger partial charge on any atom is 0.339 e. The average molecular weight is 341 g/mol. The molecule has 1 heterocycles. The number of hydrogen-bond donors (Lipinski definition) is 1. The van der Waals surface area contributed by atoms with E-state index in [-0.39, 0.29) is 12.5 Å². The Balaban J connectivity index is 1.50. The molecule has 130 valence electrons. The Bertz CT molecular complexity index is 774. The van der Waals surface area contributed by atoms with E-state index in [1.165, 1.54) is 0 Å². The summed E-state index contributed by atoms with van der Waals surface area (Å²) >= 11 is 0. The summed E-state index contributed by atoms with van der Waals surface area (Å²) < 4.78 is 16.0. The number of nitrogens with one attached hydrogen (secondary N) is 1. The maximum atomic E-state index is 12.2. The van der Waals surface area contributed by atoms with E-state index in [4.69, 9.17) is 14.2 Å². The Labute approximate surface area is 145 Å². The largest absolute Gasteiger partial charge is 0.493 e. The van der Waals surface area contributed by atoms with E-state index in [1.54, 1.807) is 31.4 Å². The number of cyclic esters (lactones) is 1. The lowest BCUT2D eigenvalue weighted by atomic mass is 9.98. The molecule has 0 radical (unpaired) electrons. The topological polar surface area (TPSA) is 73.9 Å². The number of methoxy groups -OCH3 is 1. The molecule has 0 aliphatic carbocycles. The number of amides is 1. The van der Waals surface area contributed by atoms with Crippen molar-refractivity contribution in [2.75, 3.05) is 20.3 Å². The summed E-state index contributed by atoms with van der Waals surface area (Å²) in [7, 11) is 1.57. The molecule has 6 heteroatoms. The van der Waals surface area contributed by atoms with Crippen LogP contribution in [0.15, 0.2) is 48.5 Å². The molecule has 0 saturated heterocycles. The summed E-state index contributed by atoms with van der Waals surface area (Å²) in [6, 6.07) is 14.4. The zero-order valence-electron chi connectivity index (χ0n) is 13.9. The Hall–Kier alpha value is -3.02. The number of benzene rings is 2. The van der Waals surface area contributed by atoms with Crippen molar-refractivity contribution >= 4 is 11.9 Å². The quantitative estimate of drug-likeness (QED) is 0.642. The third kappa shape index (κ3) is 3.91. The van der Waals surface area contributed by atoms with Crippen LogP contribution >= 0.6 is 0 Å². The fraction of sp³-hybridized carbons (Fsp3) is 0.263. The molecule has 0 bridgehead atoms. The van der Waals surface area contributed by atoms with Gasteiger partial charge in [-0.15, -0.1) is 0 Å². The van der Waals surface area contributed by atoms with Crippen LogP contribution < -0.4 is 14.8 Å². The van der Waals surface area contributed by atoms with Crippen molar-refractivity contribution in [3.63, 3.8) is 0 Å². The number of para-hydroxylation sites is 2. The van der Waals surface area contributed by atoms with Crippen molar-refractivity contribution in [2.24, 2.45) is 0 Å². The van der Waals surface area contributed by atoms with E-state index in [2.05, 4.69) is 5.32 Å². The van der Waals surface area contributed by atoms with Gasteiger partial charge in [-0.3, -0.25) is 4.79 Å². The van der Waals surface area contributed by atoms with Crippen molar-refractivity contribution in [3.05, 3.63) is 59.7 Å². The number of fused-ring (bicyclic) bond motifs is 1. The normalized spacial score (nSPS) is 15.7. The van der Waals surface area contributed by atoms with Crippen molar-refractivity contribution in [2.45, 2.75) is 12.5 Å². The molecule has 0 spiro atoms. The molecule has 3 rings (SSSR count). The van der Waals surface area contributed by atoms with E-state index >= 15 is 0 Å². The molecular formula is C19H19NO5. The molecule has 0 fully saturated rings. The van der Waals surface area contributed by atoms with Crippen LogP contribution in [0.4, 0.5) is 0 Å². The van der Waals surface area contributed by atoms with Crippen LogP contribution in [0, 0.1) is 0 Å². The van der Waals surface area contributed by atoms with Gasteiger partial charge in [-0.1, -0.05) is 30.3 Å². The third-order valence-corrected chi connectivity index (χ3v) is 3.91. The monoisotopic (exact) mass is 341 g/mol. The zero-order valence-corrected chi connectivity index (χ0v) is 13.9. The van der Waals surface area contributed by atoms with Crippen LogP contribution in [0.1, 0.15) is 15.9 Å². The summed E-state index contributed by atoms with van der Waals surface area (Å²) in [5.74, 6) is 0.447. The second-order valence-corrected chi connectivity index (χ2v) is 5.55.